The van der Waals surface area contributed by atoms with E-state index in [1.54, 1.807) is 0 Å². The fraction of sp³-hybridized carbons (Fsp3) is 0.412. The molecule has 0 saturated heterocycles. The molecular formula is C17H23NO. The first-order valence-corrected chi connectivity index (χ1v) is 6.81. The van der Waals surface area contributed by atoms with Crippen LogP contribution in [0.15, 0.2) is 36.4 Å². The van der Waals surface area contributed by atoms with Crippen molar-refractivity contribution in [1.82, 2.24) is 5.32 Å². The third-order valence-electron chi connectivity index (χ3n) is 3.42. The molecule has 0 fully saturated rings. The Hall–Kier alpha value is -1.38. The molecule has 2 rings (SSSR count). The zero-order chi connectivity index (χ0) is 13.9. The summed E-state index contributed by atoms with van der Waals surface area (Å²) in [6.07, 6.45) is 0. The summed E-state index contributed by atoms with van der Waals surface area (Å²) in [6, 6.07) is 13.1. The number of nitrogens with one attached hydrogen (secondary N) is 1. The molecule has 2 aromatic carbocycles. The van der Waals surface area contributed by atoms with Crippen LogP contribution in [0, 0.1) is 12.3 Å². The van der Waals surface area contributed by atoms with E-state index in [1.165, 1.54) is 21.9 Å². The van der Waals surface area contributed by atoms with Crippen LogP contribution in [0.5, 0.6) is 0 Å². The minimum absolute atomic E-state index is 0.0615. The fourth-order valence-electron chi connectivity index (χ4n) is 2.13. The van der Waals surface area contributed by atoms with Crippen molar-refractivity contribution in [2.24, 2.45) is 5.41 Å². The Morgan fingerprint density at radius 2 is 1.74 bits per heavy atom. The van der Waals surface area contributed by atoms with Crippen LogP contribution in [0.3, 0.4) is 0 Å². The molecular weight excluding hydrogens is 234 g/mol. The first-order valence-electron chi connectivity index (χ1n) is 6.81. The van der Waals surface area contributed by atoms with Crippen molar-refractivity contribution in [2.75, 3.05) is 13.2 Å². The van der Waals surface area contributed by atoms with Gasteiger partial charge in [-0.3, -0.25) is 0 Å². The van der Waals surface area contributed by atoms with Crippen LogP contribution in [0.25, 0.3) is 10.8 Å². The zero-order valence-corrected chi connectivity index (χ0v) is 12.0. The topological polar surface area (TPSA) is 32.3 Å². The molecule has 0 aliphatic carbocycles. The number of aliphatic hydroxyl groups excluding tert-OH is 1. The van der Waals surface area contributed by atoms with Crippen molar-refractivity contribution in [3.8, 4) is 0 Å². The Morgan fingerprint density at radius 1 is 1.05 bits per heavy atom. The molecule has 0 spiro atoms. The quantitative estimate of drug-likeness (QED) is 0.861. The Labute approximate surface area is 115 Å². The van der Waals surface area contributed by atoms with Gasteiger partial charge in [0.05, 0.1) is 0 Å². The molecule has 2 aromatic rings. The fourth-order valence-corrected chi connectivity index (χ4v) is 2.13. The zero-order valence-electron chi connectivity index (χ0n) is 12.0. The van der Waals surface area contributed by atoms with E-state index in [-0.39, 0.29) is 12.0 Å². The van der Waals surface area contributed by atoms with Crippen LogP contribution >= 0.6 is 0 Å². The van der Waals surface area contributed by atoms with Gasteiger partial charge in [-0.05, 0) is 29.3 Å². The van der Waals surface area contributed by atoms with Crippen LogP contribution in [0.2, 0.25) is 0 Å². The van der Waals surface area contributed by atoms with Gasteiger partial charge in [-0.25, -0.2) is 0 Å². The van der Waals surface area contributed by atoms with Gasteiger partial charge in [0.15, 0.2) is 0 Å². The van der Waals surface area contributed by atoms with E-state index in [2.05, 4.69) is 62.5 Å². The summed E-state index contributed by atoms with van der Waals surface area (Å²) >= 11 is 0. The summed E-state index contributed by atoms with van der Waals surface area (Å²) in [7, 11) is 0. The van der Waals surface area contributed by atoms with E-state index >= 15 is 0 Å². The van der Waals surface area contributed by atoms with Gasteiger partial charge in [-0.1, -0.05) is 49.7 Å². The first-order chi connectivity index (χ1) is 9.00. The smallest absolute Gasteiger partial charge is 0.0494 e. The van der Waals surface area contributed by atoms with Gasteiger partial charge in [-0.2, -0.15) is 0 Å². The molecule has 2 heteroatoms. The van der Waals surface area contributed by atoms with Crippen molar-refractivity contribution in [3.05, 3.63) is 47.5 Å². The molecule has 19 heavy (non-hydrogen) atoms. The summed E-state index contributed by atoms with van der Waals surface area (Å²) in [5, 5.41) is 15.2. The molecule has 0 unspecified atom stereocenters. The maximum atomic E-state index is 9.22. The van der Waals surface area contributed by atoms with Crippen LogP contribution in [-0.4, -0.2) is 18.3 Å². The second-order valence-corrected chi connectivity index (χ2v) is 6.11. The third kappa shape index (κ3) is 3.79. The van der Waals surface area contributed by atoms with Crippen molar-refractivity contribution < 1.29 is 5.11 Å². The lowest BCUT2D eigenvalue weighted by atomic mass is 9.95. The van der Waals surface area contributed by atoms with Crippen LogP contribution in [-0.2, 0) is 6.54 Å². The average molecular weight is 257 g/mol. The number of hydrogen-bond acceptors (Lipinski definition) is 2. The monoisotopic (exact) mass is 257 g/mol. The predicted molar refractivity (Wildman–Crippen MR) is 81.3 cm³/mol. The molecule has 0 atom stereocenters. The number of rotatable bonds is 5. The highest BCUT2D eigenvalue weighted by Crippen LogP contribution is 2.18. The lowest BCUT2D eigenvalue weighted by Crippen LogP contribution is -2.31. The molecule has 2 nitrogen and oxygen atoms in total. The van der Waals surface area contributed by atoms with Gasteiger partial charge in [0.2, 0.25) is 0 Å². The van der Waals surface area contributed by atoms with E-state index in [4.69, 9.17) is 0 Å². The Morgan fingerprint density at radius 3 is 2.47 bits per heavy atom. The van der Waals surface area contributed by atoms with Gasteiger partial charge in [0.25, 0.3) is 0 Å². The normalized spacial score (nSPS) is 12.0. The highest BCUT2D eigenvalue weighted by molar-refractivity contribution is 5.83. The summed E-state index contributed by atoms with van der Waals surface area (Å²) < 4.78 is 0. The number of benzene rings is 2. The largest absolute Gasteiger partial charge is 0.396 e. The summed E-state index contributed by atoms with van der Waals surface area (Å²) in [6.45, 7) is 8.10. The van der Waals surface area contributed by atoms with Crippen molar-refractivity contribution in [1.29, 1.82) is 0 Å². The van der Waals surface area contributed by atoms with E-state index in [0.29, 0.717) is 0 Å². The van der Waals surface area contributed by atoms with E-state index in [1.807, 2.05) is 0 Å². The highest BCUT2D eigenvalue weighted by Gasteiger charge is 2.15. The maximum absolute atomic E-state index is 9.22. The van der Waals surface area contributed by atoms with Gasteiger partial charge < -0.3 is 10.4 Å². The average Bonchev–Trinajstić information content (AvgIpc) is 2.39. The molecule has 0 radical (unpaired) electrons. The van der Waals surface area contributed by atoms with Gasteiger partial charge in [0.1, 0.15) is 0 Å². The summed E-state index contributed by atoms with van der Waals surface area (Å²) in [5.74, 6) is 0. The van der Waals surface area contributed by atoms with Crippen molar-refractivity contribution in [3.63, 3.8) is 0 Å². The number of aliphatic hydroxyl groups is 1. The molecule has 2 N–H and O–H groups in total. The van der Waals surface area contributed by atoms with Crippen molar-refractivity contribution >= 4 is 10.8 Å². The minimum Gasteiger partial charge on any atom is -0.396 e. The van der Waals surface area contributed by atoms with Crippen LogP contribution in [0.4, 0.5) is 0 Å². The molecule has 0 amide bonds. The van der Waals surface area contributed by atoms with Crippen LogP contribution < -0.4 is 5.32 Å². The Bertz CT molecular complexity index is 560. The molecule has 0 aromatic heterocycles. The second kappa shape index (κ2) is 5.72. The Kier molecular flexibility index (Phi) is 4.23. The molecule has 0 saturated carbocycles. The standard InChI is InChI=1S/C17H23NO/c1-13-4-6-16-9-14(5-7-15(16)8-13)10-18-11-17(2,3)12-19/h4-9,18-19H,10-12H2,1-3H3. The molecule has 0 aliphatic rings. The van der Waals surface area contributed by atoms with Crippen molar-refractivity contribution in [2.45, 2.75) is 27.3 Å². The SMILES string of the molecule is Cc1ccc2cc(CNCC(C)(C)CO)ccc2c1. The minimum atomic E-state index is -0.0615. The molecule has 0 bridgehead atoms. The number of fused-ring (bicyclic) bond motifs is 1. The molecule has 102 valence electrons. The van der Waals surface area contributed by atoms with Gasteiger partial charge >= 0.3 is 0 Å². The third-order valence-corrected chi connectivity index (χ3v) is 3.42. The number of hydrogen-bond donors (Lipinski definition) is 2. The van der Waals surface area contributed by atoms with E-state index < -0.39 is 0 Å². The lowest BCUT2D eigenvalue weighted by molar-refractivity contribution is 0.156. The summed E-state index contributed by atoms with van der Waals surface area (Å²) in [4.78, 5) is 0. The second-order valence-electron chi connectivity index (χ2n) is 6.11. The highest BCUT2D eigenvalue weighted by atomic mass is 16.3. The molecule has 0 aliphatic heterocycles. The first kappa shape index (κ1) is 14.0. The van der Waals surface area contributed by atoms with E-state index in [9.17, 15) is 5.11 Å². The maximum Gasteiger partial charge on any atom is 0.0494 e. The van der Waals surface area contributed by atoms with Gasteiger partial charge in [-0.15, -0.1) is 0 Å². The predicted octanol–water partition coefficient (Wildman–Crippen LogP) is 3.26. The molecule has 0 heterocycles. The van der Waals surface area contributed by atoms with Crippen LogP contribution in [0.1, 0.15) is 25.0 Å². The lowest BCUT2D eigenvalue weighted by Gasteiger charge is -2.22. The van der Waals surface area contributed by atoms with Gasteiger partial charge in [0, 0.05) is 25.1 Å². The van der Waals surface area contributed by atoms with E-state index in [0.717, 1.165) is 13.1 Å². The number of aryl methyl sites for hydroxylation is 1. The summed E-state index contributed by atoms with van der Waals surface area (Å²) in [5.41, 5.74) is 2.52. The Balaban J connectivity index is 2.04.